The molecule has 2 aliphatic heterocycles. The molecule has 2 aliphatic rings. The lowest BCUT2D eigenvalue weighted by molar-refractivity contribution is 0.0889. The number of hydrogen-bond donors (Lipinski definition) is 1. The highest BCUT2D eigenvalue weighted by atomic mass is 16.5. The molecular weight excluding hydrogens is 404 g/mol. The average molecular weight is 437 g/mol. The molecule has 8 nitrogen and oxygen atoms in total. The summed E-state index contributed by atoms with van der Waals surface area (Å²) in [4.78, 5) is 18.9. The number of aromatic amines is 1. The summed E-state index contributed by atoms with van der Waals surface area (Å²) in [5.41, 5.74) is 3.88. The number of hydrogen-bond acceptors (Lipinski definition) is 6. The summed E-state index contributed by atoms with van der Waals surface area (Å²) in [6.45, 7) is 9.69. The molecule has 0 radical (unpaired) electrons. The van der Waals surface area contributed by atoms with Crippen LogP contribution in [0.2, 0.25) is 0 Å². The summed E-state index contributed by atoms with van der Waals surface area (Å²) in [5.74, 6) is 1.29. The number of H-pyrrole nitrogens is 1. The molecule has 4 heterocycles. The van der Waals surface area contributed by atoms with Crippen LogP contribution in [0.4, 0.5) is 0 Å². The zero-order valence-electron chi connectivity index (χ0n) is 19.2. The van der Waals surface area contributed by atoms with Gasteiger partial charge < -0.3 is 9.72 Å². The maximum absolute atomic E-state index is 13.4. The number of likely N-dealkylation sites (tertiary alicyclic amines) is 1. The van der Waals surface area contributed by atoms with E-state index in [-0.39, 0.29) is 17.7 Å². The Morgan fingerprint density at radius 2 is 2.03 bits per heavy atom. The number of aryl methyl sites for hydroxylation is 2. The van der Waals surface area contributed by atoms with E-state index in [0.29, 0.717) is 18.0 Å². The molecule has 0 aliphatic carbocycles. The number of benzene rings is 1. The monoisotopic (exact) mass is 436 g/mol. The topological polar surface area (TPSA) is 88.9 Å². The minimum Gasteiger partial charge on any atom is -0.376 e. The molecule has 0 amide bonds. The first-order valence-corrected chi connectivity index (χ1v) is 11.8. The molecule has 2 saturated heterocycles. The molecule has 3 aromatic rings. The quantitative estimate of drug-likeness (QED) is 0.661. The van der Waals surface area contributed by atoms with Crippen LogP contribution in [0.15, 0.2) is 23.0 Å². The average Bonchev–Trinajstić information content (AvgIpc) is 3.43. The third kappa shape index (κ3) is 4.09. The molecule has 1 N–H and O–H groups in total. The van der Waals surface area contributed by atoms with Crippen LogP contribution < -0.4 is 5.56 Å². The normalized spacial score (nSPS) is 23.1. The van der Waals surface area contributed by atoms with Gasteiger partial charge in [-0.05, 0) is 97.1 Å². The fourth-order valence-corrected chi connectivity index (χ4v) is 5.17. The first-order valence-electron chi connectivity index (χ1n) is 11.8. The van der Waals surface area contributed by atoms with E-state index >= 15 is 0 Å². The van der Waals surface area contributed by atoms with Crippen LogP contribution in [0.25, 0.3) is 10.9 Å². The van der Waals surface area contributed by atoms with Crippen molar-refractivity contribution in [2.24, 2.45) is 5.92 Å². The lowest BCUT2D eigenvalue weighted by atomic mass is 9.95. The van der Waals surface area contributed by atoms with E-state index < -0.39 is 0 Å². The van der Waals surface area contributed by atoms with E-state index in [0.717, 1.165) is 55.7 Å². The van der Waals surface area contributed by atoms with Gasteiger partial charge in [-0.1, -0.05) is 6.92 Å². The van der Waals surface area contributed by atoms with Crippen molar-refractivity contribution in [2.75, 3.05) is 19.7 Å². The smallest absolute Gasteiger partial charge is 0.253 e. The van der Waals surface area contributed by atoms with E-state index in [4.69, 9.17) is 4.74 Å². The molecule has 0 unspecified atom stereocenters. The van der Waals surface area contributed by atoms with E-state index in [9.17, 15) is 4.79 Å². The highest BCUT2D eigenvalue weighted by Crippen LogP contribution is 2.31. The number of aromatic nitrogens is 5. The SMILES string of the molecule is Cc1cc2cc([C@H](c3nnnn3C[C@@H]3CCCO3)N3CCC[C@H](C)C3)c(=O)[nH]c2cc1C. The van der Waals surface area contributed by atoms with Crippen LogP contribution in [0.1, 0.15) is 61.2 Å². The Morgan fingerprint density at radius 3 is 2.81 bits per heavy atom. The number of nitrogens with zero attached hydrogens (tertiary/aromatic N) is 5. The van der Waals surface area contributed by atoms with E-state index in [1.807, 2.05) is 10.7 Å². The third-order valence-electron chi connectivity index (χ3n) is 7.04. The second-order valence-electron chi connectivity index (χ2n) is 9.58. The lowest BCUT2D eigenvalue weighted by Crippen LogP contribution is -2.41. The van der Waals surface area contributed by atoms with Gasteiger partial charge in [0.15, 0.2) is 5.82 Å². The molecule has 5 rings (SSSR count). The number of rotatable bonds is 5. The Kier molecular flexibility index (Phi) is 5.82. The Balaban J connectivity index is 1.61. The second-order valence-corrected chi connectivity index (χ2v) is 9.58. The van der Waals surface area contributed by atoms with Crippen LogP contribution in [-0.2, 0) is 11.3 Å². The molecule has 32 heavy (non-hydrogen) atoms. The highest BCUT2D eigenvalue weighted by molar-refractivity contribution is 5.81. The first kappa shape index (κ1) is 21.3. The highest BCUT2D eigenvalue weighted by Gasteiger charge is 2.33. The molecule has 2 fully saturated rings. The molecular formula is C24H32N6O2. The predicted molar refractivity (Wildman–Crippen MR) is 123 cm³/mol. The van der Waals surface area contributed by atoms with Crippen molar-refractivity contribution in [3.63, 3.8) is 0 Å². The van der Waals surface area contributed by atoms with Gasteiger partial charge in [-0.25, -0.2) is 4.68 Å². The first-order chi connectivity index (χ1) is 15.5. The fraction of sp³-hybridized carbons (Fsp3) is 0.583. The maximum atomic E-state index is 13.4. The lowest BCUT2D eigenvalue weighted by Gasteiger charge is -2.36. The minimum absolute atomic E-state index is 0.0735. The van der Waals surface area contributed by atoms with Gasteiger partial charge in [-0.3, -0.25) is 9.69 Å². The Morgan fingerprint density at radius 1 is 1.19 bits per heavy atom. The van der Waals surface area contributed by atoms with Crippen molar-refractivity contribution in [2.45, 2.75) is 65.1 Å². The zero-order valence-corrected chi connectivity index (χ0v) is 19.2. The van der Waals surface area contributed by atoms with Crippen LogP contribution in [-0.4, -0.2) is 55.9 Å². The molecule has 170 valence electrons. The molecule has 8 heteroatoms. The summed E-state index contributed by atoms with van der Waals surface area (Å²) in [6, 6.07) is 5.95. The maximum Gasteiger partial charge on any atom is 0.253 e. The number of tetrazole rings is 1. The van der Waals surface area contributed by atoms with Crippen LogP contribution >= 0.6 is 0 Å². The van der Waals surface area contributed by atoms with Gasteiger partial charge in [0.05, 0.1) is 12.6 Å². The Labute approximate surface area is 188 Å². The summed E-state index contributed by atoms with van der Waals surface area (Å²) in [5, 5.41) is 13.8. The van der Waals surface area contributed by atoms with Gasteiger partial charge in [0.1, 0.15) is 6.04 Å². The second kappa shape index (κ2) is 8.75. The zero-order chi connectivity index (χ0) is 22.2. The van der Waals surface area contributed by atoms with Crippen molar-refractivity contribution in [1.29, 1.82) is 0 Å². The summed E-state index contributed by atoms with van der Waals surface area (Å²) in [6.07, 6.45) is 4.52. The number of piperidine rings is 1. The van der Waals surface area contributed by atoms with E-state index in [1.54, 1.807) is 0 Å². The van der Waals surface area contributed by atoms with Crippen molar-refractivity contribution in [3.8, 4) is 0 Å². The Bertz CT molecular complexity index is 1160. The molecule has 0 saturated carbocycles. The molecule has 0 bridgehead atoms. The van der Waals surface area contributed by atoms with Crippen molar-refractivity contribution in [1.82, 2.24) is 30.1 Å². The molecule has 0 spiro atoms. The third-order valence-corrected chi connectivity index (χ3v) is 7.04. The van der Waals surface area contributed by atoms with Gasteiger partial charge in [0.25, 0.3) is 5.56 Å². The summed E-state index contributed by atoms with van der Waals surface area (Å²) in [7, 11) is 0. The van der Waals surface area contributed by atoms with Gasteiger partial charge in [-0.2, -0.15) is 0 Å². The number of pyridine rings is 1. The van der Waals surface area contributed by atoms with Gasteiger partial charge in [-0.15, -0.1) is 5.10 Å². The largest absolute Gasteiger partial charge is 0.376 e. The van der Waals surface area contributed by atoms with Crippen LogP contribution in [0, 0.1) is 19.8 Å². The van der Waals surface area contributed by atoms with Crippen molar-refractivity contribution >= 4 is 10.9 Å². The Hall–Kier alpha value is -2.58. The van der Waals surface area contributed by atoms with Gasteiger partial charge >= 0.3 is 0 Å². The van der Waals surface area contributed by atoms with Gasteiger partial charge in [0, 0.05) is 24.2 Å². The number of nitrogens with one attached hydrogen (secondary N) is 1. The standard InChI is InChI=1S/C24H32N6O2/c1-15-6-4-8-29(13-15)22(23-26-27-28-30(23)14-19-7-5-9-32-19)20-12-18-10-16(2)17(3)11-21(18)25-24(20)31/h10-12,15,19,22H,4-9,13-14H2,1-3H3,(H,25,31)/t15-,19-,22+/m0/s1. The fourth-order valence-electron chi connectivity index (χ4n) is 5.17. The van der Waals surface area contributed by atoms with E-state index in [2.05, 4.69) is 58.3 Å². The summed E-state index contributed by atoms with van der Waals surface area (Å²) >= 11 is 0. The number of fused-ring (bicyclic) bond motifs is 1. The summed E-state index contributed by atoms with van der Waals surface area (Å²) < 4.78 is 7.69. The minimum atomic E-state index is -0.288. The predicted octanol–water partition coefficient (Wildman–Crippen LogP) is 3.13. The molecule has 3 atom stereocenters. The molecule has 2 aromatic heterocycles. The number of ether oxygens (including phenoxy) is 1. The van der Waals surface area contributed by atoms with Crippen LogP contribution in [0.3, 0.4) is 0 Å². The van der Waals surface area contributed by atoms with Crippen molar-refractivity contribution < 1.29 is 4.74 Å². The molecule has 1 aromatic carbocycles. The van der Waals surface area contributed by atoms with E-state index in [1.165, 1.54) is 17.5 Å². The van der Waals surface area contributed by atoms with Crippen molar-refractivity contribution in [3.05, 3.63) is 51.1 Å². The van der Waals surface area contributed by atoms with Crippen LogP contribution in [0.5, 0.6) is 0 Å². The van der Waals surface area contributed by atoms with Gasteiger partial charge in [0.2, 0.25) is 0 Å².